The van der Waals surface area contributed by atoms with Gasteiger partial charge in [-0.3, -0.25) is 0 Å². The van der Waals surface area contributed by atoms with E-state index in [0.29, 0.717) is 11.3 Å². The zero-order valence-electron chi connectivity index (χ0n) is 13.0. The quantitative estimate of drug-likeness (QED) is 0.615. The Morgan fingerprint density at radius 1 is 1.20 bits per heavy atom. The van der Waals surface area contributed by atoms with E-state index in [4.69, 9.17) is 10.5 Å². The lowest BCUT2D eigenvalue weighted by Crippen LogP contribution is -2.34. The Hall–Kier alpha value is -1.55. The number of hydrogen-bond donors (Lipinski definition) is 1. The molecule has 0 saturated carbocycles. The second-order valence-corrected chi connectivity index (χ2v) is 5.55. The summed E-state index contributed by atoms with van der Waals surface area (Å²) in [6, 6.07) is 6.80. The molecule has 2 N–H and O–H groups in total. The fourth-order valence-corrected chi connectivity index (χ4v) is 1.95. The molecule has 0 unspecified atom stereocenters. The Bertz CT molecular complexity index is 423. The van der Waals surface area contributed by atoms with Crippen LogP contribution >= 0.6 is 0 Å². The first kappa shape index (κ1) is 16.5. The molecule has 0 aliphatic carbocycles. The highest BCUT2D eigenvalue weighted by Crippen LogP contribution is 2.18. The Labute approximate surface area is 121 Å². The molecule has 0 aromatic heterocycles. The number of rotatable bonds is 7. The van der Waals surface area contributed by atoms with Crippen molar-refractivity contribution in [3.05, 3.63) is 29.8 Å². The maximum absolute atomic E-state index is 12.1. The molecule has 0 heterocycles. The zero-order valence-corrected chi connectivity index (χ0v) is 13.0. The summed E-state index contributed by atoms with van der Waals surface area (Å²) in [6.07, 6.45) is 0.815. The summed E-state index contributed by atoms with van der Waals surface area (Å²) in [5.74, 6) is -0.297. The SMILES string of the molecule is CCN(CC)CCC(C)(C)OC(=O)c1ccc(N)cc1. The number of hydrogen-bond acceptors (Lipinski definition) is 4. The highest BCUT2D eigenvalue weighted by atomic mass is 16.6. The summed E-state index contributed by atoms with van der Waals surface area (Å²) in [6.45, 7) is 11.1. The minimum absolute atomic E-state index is 0.297. The van der Waals surface area contributed by atoms with E-state index in [0.717, 1.165) is 26.1 Å². The number of carbonyl (C=O) groups is 1. The molecular formula is C16H26N2O2. The molecule has 0 fully saturated rings. The normalized spacial score (nSPS) is 11.7. The maximum Gasteiger partial charge on any atom is 0.338 e. The Morgan fingerprint density at radius 2 is 1.75 bits per heavy atom. The first-order chi connectivity index (χ1) is 9.38. The fraction of sp³-hybridized carbons (Fsp3) is 0.562. The van der Waals surface area contributed by atoms with E-state index in [2.05, 4.69) is 18.7 Å². The van der Waals surface area contributed by atoms with Crippen LogP contribution in [0.4, 0.5) is 5.69 Å². The van der Waals surface area contributed by atoms with Gasteiger partial charge in [-0.2, -0.15) is 0 Å². The molecule has 4 nitrogen and oxygen atoms in total. The van der Waals surface area contributed by atoms with Crippen molar-refractivity contribution in [1.82, 2.24) is 4.90 Å². The van der Waals surface area contributed by atoms with E-state index >= 15 is 0 Å². The van der Waals surface area contributed by atoms with Gasteiger partial charge in [0.25, 0.3) is 0 Å². The predicted molar refractivity (Wildman–Crippen MR) is 82.8 cm³/mol. The summed E-state index contributed by atoms with van der Waals surface area (Å²) in [4.78, 5) is 14.4. The van der Waals surface area contributed by atoms with E-state index in [1.54, 1.807) is 24.3 Å². The highest BCUT2D eigenvalue weighted by Gasteiger charge is 2.24. The predicted octanol–water partition coefficient (Wildman–Crippen LogP) is 2.94. The third-order valence-electron chi connectivity index (χ3n) is 3.44. The van der Waals surface area contributed by atoms with Crippen LogP contribution in [0.15, 0.2) is 24.3 Å². The number of esters is 1. The molecule has 0 saturated heterocycles. The molecule has 112 valence electrons. The lowest BCUT2D eigenvalue weighted by molar-refractivity contribution is -0.00797. The number of carbonyl (C=O) groups excluding carboxylic acids is 1. The number of benzene rings is 1. The molecule has 0 amide bonds. The monoisotopic (exact) mass is 278 g/mol. The van der Waals surface area contributed by atoms with Gasteiger partial charge in [0.1, 0.15) is 5.60 Å². The summed E-state index contributed by atoms with van der Waals surface area (Å²) >= 11 is 0. The number of nitrogen functional groups attached to an aromatic ring is 1. The Balaban J connectivity index is 2.56. The zero-order chi connectivity index (χ0) is 15.2. The van der Waals surface area contributed by atoms with E-state index in [-0.39, 0.29) is 5.97 Å². The molecular weight excluding hydrogens is 252 g/mol. The second-order valence-electron chi connectivity index (χ2n) is 5.55. The first-order valence-electron chi connectivity index (χ1n) is 7.19. The third-order valence-corrected chi connectivity index (χ3v) is 3.44. The van der Waals surface area contributed by atoms with Gasteiger partial charge in [-0.1, -0.05) is 13.8 Å². The summed E-state index contributed by atoms with van der Waals surface area (Å²) in [7, 11) is 0. The van der Waals surface area contributed by atoms with Crippen molar-refractivity contribution in [1.29, 1.82) is 0 Å². The molecule has 0 spiro atoms. The van der Waals surface area contributed by atoms with Crippen molar-refractivity contribution in [2.45, 2.75) is 39.7 Å². The van der Waals surface area contributed by atoms with Crippen LogP contribution < -0.4 is 5.73 Å². The average Bonchev–Trinajstić information content (AvgIpc) is 2.40. The summed E-state index contributed by atoms with van der Waals surface area (Å²) < 4.78 is 5.60. The Morgan fingerprint density at radius 3 is 2.25 bits per heavy atom. The van der Waals surface area contributed by atoms with Gasteiger partial charge in [-0.05, 0) is 57.6 Å². The molecule has 1 aromatic carbocycles. The van der Waals surface area contributed by atoms with Crippen molar-refractivity contribution in [3.63, 3.8) is 0 Å². The van der Waals surface area contributed by atoms with Crippen molar-refractivity contribution in [3.8, 4) is 0 Å². The smallest absolute Gasteiger partial charge is 0.338 e. The molecule has 1 aromatic rings. The number of anilines is 1. The van der Waals surface area contributed by atoms with Gasteiger partial charge in [0.05, 0.1) is 5.56 Å². The van der Waals surface area contributed by atoms with Crippen LogP contribution in [0.5, 0.6) is 0 Å². The molecule has 1 rings (SSSR count). The van der Waals surface area contributed by atoms with Crippen LogP contribution in [-0.4, -0.2) is 36.1 Å². The second kappa shape index (κ2) is 7.29. The number of nitrogens with two attached hydrogens (primary N) is 1. The van der Waals surface area contributed by atoms with Crippen molar-refractivity contribution < 1.29 is 9.53 Å². The summed E-state index contributed by atoms with van der Waals surface area (Å²) in [5.41, 5.74) is 6.32. The van der Waals surface area contributed by atoms with E-state index in [9.17, 15) is 4.79 Å². The van der Waals surface area contributed by atoms with Crippen LogP contribution in [0.3, 0.4) is 0 Å². The van der Waals surface area contributed by atoms with Crippen molar-refractivity contribution >= 4 is 11.7 Å². The minimum Gasteiger partial charge on any atom is -0.456 e. The number of ether oxygens (including phenoxy) is 1. The van der Waals surface area contributed by atoms with E-state index in [1.807, 2.05) is 13.8 Å². The van der Waals surface area contributed by atoms with Crippen LogP contribution in [-0.2, 0) is 4.74 Å². The molecule has 4 heteroatoms. The van der Waals surface area contributed by atoms with E-state index < -0.39 is 5.60 Å². The molecule has 0 atom stereocenters. The van der Waals surface area contributed by atoms with Crippen molar-refractivity contribution in [2.24, 2.45) is 0 Å². The minimum atomic E-state index is -0.471. The topological polar surface area (TPSA) is 55.6 Å². The lowest BCUT2D eigenvalue weighted by Gasteiger charge is -2.28. The highest BCUT2D eigenvalue weighted by molar-refractivity contribution is 5.90. The molecule has 0 radical (unpaired) electrons. The van der Waals surface area contributed by atoms with E-state index in [1.165, 1.54) is 0 Å². The van der Waals surface area contributed by atoms with Crippen molar-refractivity contribution in [2.75, 3.05) is 25.4 Å². The third kappa shape index (κ3) is 5.21. The van der Waals surface area contributed by atoms with Gasteiger partial charge in [-0.25, -0.2) is 4.79 Å². The maximum atomic E-state index is 12.1. The molecule has 20 heavy (non-hydrogen) atoms. The van der Waals surface area contributed by atoms with Crippen LogP contribution in [0, 0.1) is 0 Å². The van der Waals surface area contributed by atoms with Crippen LogP contribution in [0.2, 0.25) is 0 Å². The average molecular weight is 278 g/mol. The number of nitrogens with zero attached hydrogens (tertiary/aromatic N) is 1. The van der Waals surface area contributed by atoms with Gasteiger partial charge in [0.2, 0.25) is 0 Å². The van der Waals surface area contributed by atoms with Gasteiger partial charge in [0, 0.05) is 12.2 Å². The van der Waals surface area contributed by atoms with Gasteiger partial charge in [0.15, 0.2) is 0 Å². The van der Waals surface area contributed by atoms with Gasteiger partial charge >= 0.3 is 5.97 Å². The first-order valence-corrected chi connectivity index (χ1v) is 7.19. The fourth-order valence-electron chi connectivity index (χ4n) is 1.95. The summed E-state index contributed by atoms with van der Waals surface area (Å²) in [5, 5.41) is 0. The molecule has 0 aliphatic heterocycles. The largest absolute Gasteiger partial charge is 0.456 e. The van der Waals surface area contributed by atoms with Crippen LogP contribution in [0.1, 0.15) is 44.5 Å². The van der Waals surface area contributed by atoms with Gasteiger partial charge in [-0.15, -0.1) is 0 Å². The van der Waals surface area contributed by atoms with Gasteiger partial charge < -0.3 is 15.4 Å². The Kier molecular flexibility index (Phi) is 6.02. The standard InChI is InChI=1S/C16H26N2O2/c1-5-18(6-2)12-11-16(3,4)20-15(19)13-7-9-14(17)10-8-13/h7-10H,5-6,11-12,17H2,1-4H3. The molecule has 0 bridgehead atoms. The molecule has 0 aliphatic rings. The van der Waals surface area contributed by atoms with Crippen LogP contribution in [0.25, 0.3) is 0 Å². The lowest BCUT2D eigenvalue weighted by atomic mass is 10.0.